The zero-order valence-corrected chi connectivity index (χ0v) is 41.3. The van der Waals surface area contributed by atoms with Crippen molar-refractivity contribution in [2.75, 3.05) is 47.5 Å². The molecular weight excluding hydrogens is 779 g/mol. The van der Waals surface area contributed by atoms with Crippen molar-refractivity contribution < 1.29 is 42.9 Å². The van der Waals surface area contributed by atoms with Gasteiger partial charge in [-0.05, 0) is 64.2 Å². The zero-order chi connectivity index (χ0) is 45.6. The summed E-state index contributed by atoms with van der Waals surface area (Å²) in [5.74, 6) is -2.29. The van der Waals surface area contributed by atoms with E-state index < -0.39 is 24.3 Å². The second kappa shape index (κ2) is 45.3. The zero-order valence-electron chi connectivity index (χ0n) is 41.3. The molecule has 0 aromatic rings. The highest BCUT2D eigenvalue weighted by Gasteiger charge is 2.22. The molecule has 0 aliphatic carbocycles. The molecule has 0 saturated heterocycles. The lowest BCUT2D eigenvalue weighted by Gasteiger charge is -2.26. The number of likely N-dealkylation sites (N-methyl/N-ethyl adjacent to an activating group) is 1. The predicted molar refractivity (Wildman–Crippen MR) is 256 cm³/mol. The van der Waals surface area contributed by atoms with Crippen molar-refractivity contribution >= 4 is 17.9 Å². The van der Waals surface area contributed by atoms with E-state index in [-0.39, 0.29) is 38.6 Å². The standard InChI is InChI=1S/C53H99NO8/c1-6-8-10-12-14-16-18-20-22-24-25-26-27-28-30-32-34-36-38-40-42-44-51(56)62-49(48-61-53(52(57)58)59-46-45-54(3,4)5)47-60-50(55)43-41-39-37-35-33-31-29-23-21-19-17-15-13-11-9-7-2/h23-25,29,49,53H,6-22,26-28,30-48H2,1-5H3/b25-24-,29-23-. The molecule has 0 heterocycles. The van der Waals surface area contributed by atoms with Crippen LogP contribution in [-0.2, 0) is 33.3 Å². The van der Waals surface area contributed by atoms with Gasteiger partial charge in [0, 0.05) is 12.8 Å². The van der Waals surface area contributed by atoms with Crippen molar-refractivity contribution in [1.29, 1.82) is 0 Å². The number of carboxylic acids is 1. The van der Waals surface area contributed by atoms with E-state index in [1.54, 1.807) is 0 Å². The number of ether oxygens (including phenoxy) is 4. The van der Waals surface area contributed by atoms with Crippen molar-refractivity contribution in [3.63, 3.8) is 0 Å². The minimum Gasteiger partial charge on any atom is -0.545 e. The van der Waals surface area contributed by atoms with Gasteiger partial charge in [0.25, 0.3) is 0 Å². The van der Waals surface area contributed by atoms with Gasteiger partial charge in [0.1, 0.15) is 13.2 Å². The molecule has 0 radical (unpaired) electrons. The van der Waals surface area contributed by atoms with Gasteiger partial charge in [0.15, 0.2) is 12.4 Å². The third kappa shape index (κ3) is 45.8. The van der Waals surface area contributed by atoms with Gasteiger partial charge in [0.2, 0.25) is 0 Å². The Morgan fingerprint density at radius 1 is 0.468 bits per heavy atom. The molecule has 0 rings (SSSR count). The molecule has 2 unspecified atom stereocenters. The highest BCUT2D eigenvalue weighted by atomic mass is 16.7. The molecule has 364 valence electrons. The maximum atomic E-state index is 12.8. The molecule has 0 aromatic heterocycles. The molecule has 9 nitrogen and oxygen atoms in total. The second-order valence-corrected chi connectivity index (χ2v) is 18.8. The van der Waals surface area contributed by atoms with Gasteiger partial charge >= 0.3 is 11.9 Å². The van der Waals surface area contributed by atoms with Gasteiger partial charge in [-0.3, -0.25) is 9.59 Å². The third-order valence-corrected chi connectivity index (χ3v) is 11.4. The Balaban J connectivity index is 4.32. The third-order valence-electron chi connectivity index (χ3n) is 11.4. The Bertz CT molecular complexity index is 1070. The number of aliphatic carboxylic acids is 1. The van der Waals surface area contributed by atoms with E-state index in [1.165, 1.54) is 148 Å². The number of unbranched alkanes of at least 4 members (excludes halogenated alkanes) is 29. The largest absolute Gasteiger partial charge is 0.545 e. The summed E-state index contributed by atoms with van der Waals surface area (Å²) in [6.07, 6.45) is 47.8. The summed E-state index contributed by atoms with van der Waals surface area (Å²) in [7, 11) is 5.92. The average molecular weight is 878 g/mol. The highest BCUT2D eigenvalue weighted by Crippen LogP contribution is 2.15. The van der Waals surface area contributed by atoms with Gasteiger partial charge in [-0.25, -0.2) is 0 Å². The first-order valence-corrected chi connectivity index (χ1v) is 26.0. The van der Waals surface area contributed by atoms with Crippen LogP contribution >= 0.6 is 0 Å². The summed E-state index contributed by atoms with van der Waals surface area (Å²) in [6.45, 7) is 4.75. The van der Waals surface area contributed by atoms with Crippen LogP contribution in [0.3, 0.4) is 0 Å². The Labute approximate surface area is 382 Å². The fourth-order valence-electron chi connectivity index (χ4n) is 7.35. The Morgan fingerprint density at radius 2 is 0.823 bits per heavy atom. The van der Waals surface area contributed by atoms with Gasteiger partial charge in [-0.2, -0.15) is 0 Å². The fourth-order valence-corrected chi connectivity index (χ4v) is 7.35. The number of quaternary nitrogens is 1. The highest BCUT2D eigenvalue weighted by molar-refractivity contribution is 5.70. The van der Waals surface area contributed by atoms with E-state index in [1.807, 2.05) is 21.1 Å². The van der Waals surface area contributed by atoms with Crippen LogP contribution in [0.15, 0.2) is 24.3 Å². The predicted octanol–water partition coefficient (Wildman–Crippen LogP) is 13.1. The molecule has 0 spiro atoms. The van der Waals surface area contributed by atoms with Crippen molar-refractivity contribution in [3.8, 4) is 0 Å². The number of carbonyl (C=O) groups excluding carboxylic acids is 3. The van der Waals surface area contributed by atoms with E-state index in [9.17, 15) is 19.5 Å². The number of allylic oxidation sites excluding steroid dienone is 4. The topological polar surface area (TPSA) is 111 Å². The van der Waals surface area contributed by atoms with Crippen molar-refractivity contribution in [2.24, 2.45) is 0 Å². The lowest BCUT2D eigenvalue weighted by Crippen LogP contribution is -2.44. The number of rotatable bonds is 48. The van der Waals surface area contributed by atoms with Crippen LogP contribution in [0, 0.1) is 0 Å². The van der Waals surface area contributed by atoms with Crippen molar-refractivity contribution in [3.05, 3.63) is 24.3 Å². The molecule has 0 saturated carbocycles. The maximum Gasteiger partial charge on any atom is 0.306 e. The number of carboxylic acid groups (broad SMARTS) is 1. The molecule has 0 amide bonds. The first kappa shape index (κ1) is 59.8. The van der Waals surface area contributed by atoms with Crippen LogP contribution in [0.5, 0.6) is 0 Å². The van der Waals surface area contributed by atoms with Crippen LogP contribution in [0.2, 0.25) is 0 Å². The van der Waals surface area contributed by atoms with Gasteiger partial charge < -0.3 is 33.3 Å². The molecule has 0 aliphatic heterocycles. The smallest absolute Gasteiger partial charge is 0.306 e. The minimum atomic E-state index is -1.62. The van der Waals surface area contributed by atoms with E-state index in [0.29, 0.717) is 17.4 Å². The molecule has 0 bridgehead atoms. The molecule has 2 atom stereocenters. The number of hydrogen-bond donors (Lipinski definition) is 0. The summed E-state index contributed by atoms with van der Waals surface area (Å²) in [5, 5.41) is 11.7. The van der Waals surface area contributed by atoms with Gasteiger partial charge in [-0.15, -0.1) is 0 Å². The average Bonchev–Trinajstić information content (AvgIpc) is 3.23. The summed E-state index contributed by atoms with van der Waals surface area (Å²) in [6, 6.07) is 0. The van der Waals surface area contributed by atoms with Crippen LogP contribution in [-0.4, -0.2) is 82.3 Å². The van der Waals surface area contributed by atoms with E-state index >= 15 is 0 Å². The van der Waals surface area contributed by atoms with Crippen LogP contribution < -0.4 is 5.11 Å². The SMILES string of the molecule is CCCCCCCCC/C=C\CCCCCCCC(=O)OCC(COC(OCC[N+](C)(C)C)C(=O)[O-])OC(=O)CCCCCCCCCCC/C=C\CCCCCCCCCC. The van der Waals surface area contributed by atoms with Gasteiger partial charge in [-0.1, -0.05) is 186 Å². The van der Waals surface area contributed by atoms with Gasteiger partial charge in [0.05, 0.1) is 40.3 Å². The Kier molecular flexibility index (Phi) is 43.7. The molecule has 9 heteroatoms. The lowest BCUT2D eigenvalue weighted by atomic mass is 10.1. The van der Waals surface area contributed by atoms with E-state index in [2.05, 4.69) is 38.2 Å². The number of esters is 2. The summed E-state index contributed by atoms with van der Waals surface area (Å²) < 4.78 is 22.6. The van der Waals surface area contributed by atoms with Crippen molar-refractivity contribution in [2.45, 2.75) is 251 Å². The Hall–Kier alpha value is -2.23. The van der Waals surface area contributed by atoms with Crippen LogP contribution in [0.4, 0.5) is 0 Å². The molecule has 0 aromatic carbocycles. The number of carbonyl (C=O) groups is 3. The van der Waals surface area contributed by atoms with E-state index in [0.717, 1.165) is 57.8 Å². The molecule has 0 fully saturated rings. The molecule has 0 aliphatic rings. The molecular formula is C53H99NO8. The Morgan fingerprint density at radius 3 is 1.19 bits per heavy atom. The molecule has 62 heavy (non-hydrogen) atoms. The van der Waals surface area contributed by atoms with Crippen LogP contribution in [0.25, 0.3) is 0 Å². The lowest BCUT2D eigenvalue weighted by molar-refractivity contribution is -0.870. The number of hydrogen-bond acceptors (Lipinski definition) is 8. The maximum absolute atomic E-state index is 12.8. The normalized spacial score (nSPS) is 13.0. The first-order valence-electron chi connectivity index (χ1n) is 26.0. The summed E-state index contributed by atoms with van der Waals surface area (Å²) >= 11 is 0. The van der Waals surface area contributed by atoms with E-state index in [4.69, 9.17) is 18.9 Å². The molecule has 0 N–H and O–H groups in total. The quantitative estimate of drug-likeness (QED) is 0.0195. The number of nitrogens with zero attached hydrogens (tertiary/aromatic N) is 1. The monoisotopic (exact) mass is 878 g/mol. The minimum absolute atomic E-state index is 0.147. The fraction of sp³-hybridized carbons (Fsp3) is 0.868. The van der Waals surface area contributed by atoms with Crippen LogP contribution in [0.1, 0.15) is 239 Å². The summed E-state index contributed by atoms with van der Waals surface area (Å²) in [4.78, 5) is 37.1. The second-order valence-electron chi connectivity index (χ2n) is 18.8. The summed E-state index contributed by atoms with van der Waals surface area (Å²) in [5.41, 5.74) is 0. The first-order chi connectivity index (χ1) is 30.1. The van der Waals surface area contributed by atoms with Crippen molar-refractivity contribution in [1.82, 2.24) is 0 Å².